The van der Waals surface area contributed by atoms with Crippen LogP contribution in [0.1, 0.15) is 32.9 Å². The zero-order chi connectivity index (χ0) is 15.8. The van der Waals surface area contributed by atoms with E-state index in [1.807, 2.05) is 37.5 Å². The second kappa shape index (κ2) is 5.65. The normalized spacial score (nSPS) is 27.0. The molecule has 1 saturated carbocycles. The summed E-state index contributed by atoms with van der Waals surface area (Å²) in [5.41, 5.74) is 1.64. The number of aromatic nitrogens is 2. The van der Waals surface area contributed by atoms with E-state index < -0.39 is 0 Å². The van der Waals surface area contributed by atoms with Gasteiger partial charge in [-0.1, -0.05) is 19.9 Å². The highest BCUT2D eigenvalue weighted by molar-refractivity contribution is 5.39. The highest BCUT2D eigenvalue weighted by Crippen LogP contribution is 2.51. The van der Waals surface area contributed by atoms with Crippen LogP contribution in [-0.2, 0) is 11.3 Å². The minimum absolute atomic E-state index is 0.0990. The van der Waals surface area contributed by atoms with Gasteiger partial charge in [-0.05, 0) is 25.5 Å². The second-order valence-corrected chi connectivity index (χ2v) is 6.64. The maximum atomic E-state index is 9.96. The van der Waals surface area contributed by atoms with Crippen molar-refractivity contribution in [1.29, 1.82) is 0 Å². The van der Waals surface area contributed by atoms with E-state index in [0.29, 0.717) is 13.2 Å². The fourth-order valence-electron chi connectivity index (χ4n) is 3.48. The molecule has 5 heteroatoms. The largest absolute Gasteiger partial charge is 0.394 e. The molecule has 0 amide bonds. The van der Waals surface area contributed by atoms with Crippen molar-refractivity contribution in [2.75, 3.05) is 13.2 Å². The van der Waals surface area contributed by atoms with Crippen molar-refractivity contribution in [1.82, 2.24) is 14.7 Å². The number of aliphatic hydroxyl groups excluding tert-OH is 1. The van der Waals surface area contributed by atoms with Crippen LogP contribution in [0.15, 0.2) is 30.6 Å². The standard InChI is InChI=1S/C17H25N3O2/c1-4-22-14-9-17(12-21,16(14,2)3)19-11-13-10-18-15-7-5-6-8-20(13)15/h5-8,10,14,19,21H,4,9,11-12H2,1-3H3/t14-,17+/m1/s1. The first-order chi connectivity index (χ1) is 10.5. The molecule has 2 atom stereocenters. The number of hydrogen-bond donors (Lipinski definition) is 2. The van der Waals surface area contributed by atoms with Crippen molar-refractivity contribution in [3.63, 3.8) is 0 Å². The average Bonchev–Trinajstić information content (AvgIpc) is 2.93. The van der Waals surface area contributed by atoms with Crippen molar-refractivity contribution in [2.24, 2.45) is 5.41 Å². The Morgan fingerprint density at radius 1 is 1.45 bits per heavy atom. The predicted molar refractivity (Wildman–Crippen MR) is 85.7 cm³/mol. The molecule has 1 aliphatic carbocycles. The van der Waals surface area contributed by atoms with Gasteiger partial charge in [0.05, 0.1) is 30.1 Å². The molecule has 2 aromatic rings. The topological polar surface area (TPSA) is 58.8 Å². The Balaban J connectivity index is 1.75. The minimum Gasteiger partial charge on any atom is -0.394 e. The summed E-state index contributed by atoms with van der Waals surface area (Å²) in [7, 11) is 0. The zero-order valence-corrected chi connectivity index (χ0v) is 13.5. The number of aliphatic hydroxyl groups is 1. The lowest BCUT2D eigenvalue weighted by atomic mass is 9.54. The Kier molecular flexibility index (Phi) is 3.97. The molecule has 0 bridgehead atoms. The zero-order valence-electron chi connectivity index (χ0n) is 13.5. The third kappa shape index (κ3) is 2.24. The van der Waals surface area contributed by atoms with Crippen LogP contribution in [0.5, 0.6) is 0 Å². The predicted octanol–water partition coefficient (Wildman–Crippen LogP) is 1.99. The molecule has 0 radical (unpaired) electrons. The molecule has 22 heavy (non-hydrogen) atoms. The van der Waals surface area contributed by atoms with Gasteiger partial charge in [-0.3, -0.25) is 0 Å². The molecule has 0 unspecified atom stereocenters. The molecule has 3 rings (SSSR count). The maximum absolute atomic E-state index is 9.96. The molecule has 2 aromatic heterocycles. The van der Waals surface area contributed by atoms with Crippen LogP contribution in [0.25, 0.3) is 5.65 Å². The van der Waals surface area contributed by atoms with E-state index in [0.717, 1.165) is 17.8 Å². The van der Waals surface area contributed by atoms with E-state index in [4.69, 9.17) is 4.74 Å². The first-order valence-corrected chi connectivity index (χ1v) is 7.92. The van der Waals surface area contributed by atoms with Crippen LogP contribution >= 0.6 is 0 Å². The number of nitrogens with zero attached hydrogens (tertiary/aromatic N) is 2. The SMILES string of the molecule is CCO[C@@H]1C[C@@](CO)(NCc2cnc3ccccn23)C1(C)C. The van der Waals surface area contributed by atoms with E-state index >= 15 is 0 Å². The molecule has 0 aliphatic heterocycles. The summed E-state index contributed by atoms with van der Waals surface area (Å²) in [6, 6.07) is 5.97. The molecule has 1 fully saturated rings. The van der Waals surface area contributed by atoms with Crippen LogP contribution in [0.4, 0.5) is 0 Å². The van der Waals surface area contributed by atoms with Gasteiger partial charge in [-0.2, -0.15) is 0 Å². The first kappa shape index (κ1) is 15.5. The molecule has 5 nitrogen and oxygen atoms in total. The second-order valence-electron chi connectivity index (χ2n) is 6.64. The Morgan fingerprint density at radius 2 is 2.27 bits per heavy atom. The van der Waals surface area contributed by atoms with Crippen molar-refractivity contribution in [3.8, 4) is 0 Å². The molecule has 1 aliphatic rings. The van der Waals surface area contributed by atoms with Crippen LogP contribution in [0.3, 0.4) is 0 Å². The number of fused-ring (bicyclic) bond motifs is 1. The van der Waals surface area contributed by atoms with Gasteiger partial charge in [0, 0.05) is 24.8 Å². The number of pyridine rings is 1. The van der Waals surface area contributed by atoms with E-state index in [1.54, 1.807) is 0 Å². The van der Waals surface area contributed by atoms with Gasteiger partial charge < -0.3 is 19.6 Å². The van der Waals surface area contributed by atoms with E-state index in [2.05, 4.69) is 28.5 Å². The van der Waals surface area contributed by atoms with Crippen molar-refractivity contribution >= 4 is 5.65 Å². The summed E-state index contributed by atoms with van der Waals surface area (Å²) in [5.74, 6) is 0. The van der Waals surface area contributed by atoms with Gasteiger partial charge in [-0.25, -0.2) is 4.98 Å². The molecular formula is C17H25N3O2. The van der Waals surface area contributed by atoms with Gasteiger partial charge in [0.2, 0.25) is 0 Å². The summed E-state index contributed by atoms with van der Waals surface area (Å²) in [6.45, 7) is 7.83. The van der Waals surface area contributed by atoms with Crippen LogP contribution in [0, 0.1) is 5.41 Å². The quantitative estimate of drug-likeness (QED) is 0.857. The Hall–Kier alpha value is -1.43. The smallest absolute Gasteiger partial charge is 0.136 e. The van der Waals surface area contributed by atoms with Crippen LogP contribution in [-0.4, -0.2) is 39.3 Å². The fourth-order valence-corrected chi connectivity index (χ4v) is 3.48. The third-order valence-corrected chi connectivity index (χ3v) is 5.31. The number of hydrogen-bond acceptors (Lipinski definition) is 4. The monoisotopic (exact) mass is 303 g/mol. The lowest BCUT2D eigenvalue weighted by Crippen LogP contribution is -2.73. The molecule has 0 spiro atoms. The van der Waals surface area contributed by atoms with Gasteiger partial charge in [-0.15, -0.1) is 0 Å². The number of nitrogens with one attached hydrogen (secondary N) is 1. The number of imidazole rings is 1. The molecule has 0 aromatic carbocycles. The van der Waals surface area contributed by atoms with E-state index in [9.17, 15) is 5.11 Å². The highest BCUT2D eigenvalue weighted by Gasteiger charge is 2.60. The minimum atomic E-state index is -0.300. The average molecular weight is 303 g/mol. The Bertz CT molecular complexity index is 652. The summed E-state index contributed by atoms with van der Waals surface area (Å²) < 4.78 is 7.86. The number of rotatable bonds is 6. The van der Waals surface area contributed by atoms with Gasteiger partial charge in [0.25, 0.3) is 0 Å². The van der Waals surface area contributed by atoms with Gasteiger partial charge in [0.1, 0.15) is 5.65 Å². The van der Waals surface area contributed by atoms with Crippen LogP contribution < -0.4 is 5.32 Å². The lowest BCUT2D eigenvalue weighted by Gasteiger charge is -2.60. The molecule has 0 saturated heterocycles. The van der Waals surface area contributed by atoms with Crippen molar-refractivity contribution < 1.29 is 9.84 Å². The summed E-state index contributed by atoms with van der Waals surface area (Å²) in [4.78, 5) is 4.41. The fraction of sp³-hybridized carbons (Fsp3) is 0.588. The van der Waals surface area contributed by atoms with Crippen molar-refractivity contribution in [3.05, 3.63) is 36.3 Å². The van der Waals surface area contributed by atoms with E-state index in [1.165, 1.54) is 0 Å². The molecular weight excluding hydrogens is 278 g/mol. The Morgan fingerprint density at radius 3 is 2.95 bits per heavy atom. The van der Waals surface area contributed by atoms with Crippen molar-refractivity contribution in [2.45, 2.75) is 45.4 Å². The van der Waals surface area contributed by atoms with Gasteiger partial charge in [0.15, 0.2) is 0 Å². The molecule has 2 heterocycles. The number of ether oxygens (including phenoxy) is 1. The molecule has 2 N–H and O–H groups in total. The van der Waals surface area contributed by atoms with Crippen LogP contribution in [0.2, 0.25) is 0 Å². The summed E-state index contributed by atoms with van der Waals surface area (Å²) in [6.07, 6.45) is 4.93. The summed E-state index contributed by atoms with van der Waals surface area (Å²) >= 11 is 0. The van der Waals surface area contributed by atoms with Gasteiger partial charge >= 0.3 is 0 Å². The maximum Gasteiger partial charge on any atom is 0.136 e. The van der Waals surface area contributed by atoms with E-state index in [-0.39, 0.29) is 23.7 Å². The summed E-state index contributed by atoms with van der Waals surface area (Å²) in [5, 5.41) is 13.5. The highest BCUT2D eigenvalue weighted by atomic mass is 16.5. The Labute approximate surface area is 131 Å². The lowest BCUT2D eigenvalue weighted by molar-refractivity contribution is -0.177. The third-order valence-electron chi connectivity index (χ3n) is 5.31. The molecule has 120 valence electrons. The first-order valence-electron chi connectivity index (χ1n) is 7.92.